The Labute approximate surface area is 133 Å². The van der Waals surface area contributed by atoms with E-state index in [4.69, 9.17) is 28.3 Å². The first-order valence-corrected chi connectivity index (χ1v) is 7.38. The van der Waals surface area contributed by atoms with Crippen LogP contribution in [0.5, 0.6) is 0 Å². The minimum atomic E-state index is -0.856. The number of carbonyl (C=O) groups is 2. The zero-order valence-corrected chi connectivity index (χ0v) is 12.8. The van der Waals surface area contributed by atoms with Gasteiger partial charge in [-0.05, 0) is 31.1 Å². The number of hydrogen-bond donors (Lipinski definition) is 1. The van der Waals surface area contributed by atoms with Crippen molar-refractivity contribution in [2.24, 2.45) is 5.92 Å². The molecule has 1 aliphatic heterocycles. The highest BCUT2D eigenvalue weighted by molar-refractivity contribution is 6.37. The molecule has 21 heavy (non-hydrogen) atoms. The molecule has 1 amide bonds. The van der Waals surface area contributed by atoms with E-state index < -0.39 is 11.9 Å². The van der Waals surface area contributed by atoms with Gasteiger partial charge in [0.1, 0.15) is 0 Å². The van der Waals surface area contributed by atoms with Crippen molar-refractivity contribution in [1.29, 1.82) is 0 Å². The molecule has 1 aromatic carbocycles. The van der Waals surface area contributed by atoms with Crippen LogP contribution in [-0.4, -0.2) is 35.0 Å². The molecule has 0 aromatic heterocycles. The van der Waals surface area contributed by atoms with Gasteiger partial charge in [-0.25, -0.2) is 0 Å². The molecule has 1 heterocycles. The number of likely N-dealkylation sites (tertiary alicyclic amines) is 1. The Kier molecular flexibility index (Phi) is 5.26. The molecule has 1 saturated heterocycles. The molecule has 1 fully saturated rings. The standard InChI is InChI=1S/C15H15Cl2NO3/c16-12-4-1-5-13(17)11(12)6-7-14(19)18-8-2-3-10(9-18)15(20)21/h1,4-7,10H,2-3,8-9H2,(H,20,21)/b7-6+/t10-/m1/s1. The highest BCUT2D eigenvalue weighted by atomic mass is 35.5. The van der Waals surface area contributed by atoms with Gasteiger partial charge >= 0.3 is 5.97 Å². The number of rotatable bonds is 3. The minimum absolute atomic E-state index is 0.225. The van der Waals surface area contributed by atoms with Crippen molar-refractivity contribution >= 4 is 41.2 Å². The van der Waals surface area contributed by atoms with E-state index >= 15 is 0 Å². The molecule has 0 bridgehead atoms. The number of carboxylic acid groups (broad SMARTS) is 1. The van der Waals surface area contributed by atoms with Crippen molar-refractivity contribution in [3.05, 3.63) is 39.9 Å². The summed E-state index contributed by atoms with van der Waals surface area (Å²) in [5.74, 6) is -1.57. The van der Waals surface area contributed by atoms with Crippen LogP contribution in [0.4, 0.5) is 0 Å². The van der Waals surface area contributed by atoms with Crippen LogP contribution in [0.25, 0.3) is 6.08 Å². The molecule has 0 unspecified atom stereocenters. The van der Waals surface area contributed by atoms with Gasteiger partial charge in [0.15, 0.2) is 0 Å². The second-order valence-corrected chi connectivity index (χ2v) is 5.74. The third-order valence-electron chi connectivity index (χ3n) is 3.47. The van der Waals surface area contributed by atoms with Gasteiger partial charge in [0.25, 0.3) is 0 Å². The van der Waals surface area contributed by atoms with Gasteiger partial charge < -0.3 is 10.0 Å². The summed E-state index contributed by atoms with van der Waals surface area (Å²) >= 11 is 12.1. The van der Waals surface area contributed by atoms with E-state index in [-0.39, 0.29) is 12.5 Å². The quantitative estimate of drug-likeness (QED) is 0.866. The van der Waals surface area contributed by atoms with Crippen LogP contribution in [0.3, 0.4) is 0 Å². The number of piperidine rings is 1. The largest absolute Gasteiger partial charge is 0.481 e. The highest BCUT2D eigenvalue weighted by Crippen LogP contribution is 2.25. The molecule has 6 heteroatoms. The normalized spacial score (nSPS) is 19.0. The number of halogens is 2. The lowest BCUT2D eigenvalue weighted by atomic mass is 9.98. The van der Waals surface area contributed by atoms with Gasteiger partial charge in [0, 0.05) is 34.8 Å². The van der Waals surface area contributed by atoms with E-state index in [1.54, 1.807) is 29.2 Å². The summed E-state index contributed by atoms with van der Waals surface area (Å²) in [6.07, 6.45) is 4.26. The Hall–Kier alpha value is -1.52. The first kappa shape index (κ1) is 15.9. The van der Waals surface area contributed by atoms with Crippen molar-refractivity contribution in [3.8, 4) is 0 Å². The first-order valence-electron chi connectivity index (χ1n) is 6.63. The van der Waals surface area contributed by atoms with Crippen LogP contribution in [0.2, 0.25) is 10.0 Å². The van der Waals surface area contributed by atoms with Gasteiger partial charge in [-0.15, -0.1) is 0 Å². The van der Waals surface area contributed by atoms with Gasteiger partial charge in [-0.1, -0.05) is 29.3 Å². The summed E-state index contributed by atoms with van der Waals surface area (Å²) < 4.78 is 0. The predicted octanol–water partition coefficient (Wildman–Crippen LogP) is 3.33. The fourth-order valence-corrected chi connectivity index (χ4v) is 2.83. The zero-order chi connectivity index (χ0) is 15.4. The maximum absolute atomic E-state index is 12.1. The monoisotopic (exact) mass is 327 g/mol. The number of benzene rings is 1. The van der Waals surface area contributed by atoms with Gasteiger partial charge in [0.2, 0.25) is 5.91 Å². The molecule has 4 nitrogen and oxygen atoms in total. The Morgan fingerprint density at radius 3 is 2.57 bits per heavy atom. The van der Waals surface area contributed by atoms with E-state index in [0.717, 1.165) is 0 Å². The topological polar surface area (TPSA) is 57.6 Å². The average Bonchev–Trinajstić information content (AvgIpc) is 2.46. The molecule has 1 N–H and O–H groups in total. The number of hydrogen-bond acceptors (Lipinski definition) is 2. The third kappa shape index (κ3) is 3.99. The summed E-state index contributed by atoms with van der Waals surface area (Å²) in [6.45, 7) is 0.817. The molecule has 1 aromatic rings. The van der Waals surface area contributed by atoms with Crippen molar-refractivity contribution in [2.45, 2.75) is 12.8 Å². The molecule has 0 saturated carbocycles. The maximum atomic E-state index is 12.1. The Morgan fingerprint density at radius 2 is 1.95 bits per heavy atom. The van der Waals surface area contributed by atoms with Crippen LogP contribution in [0, 0.1) is 5.92 Å². The van der Waals surface area contributed by atoms with Crippen molar-refractivity contribution in [3.63, 3.8) is 0 Å². The second-order valence-electron chi connectivity index (χ2n) is 4.93. The molecule has 0 aliphatic carbocycles. The van der Waals surface area contributed by atoms with Gasteiger partial charge in [-0.3, -0.25) is 9.59 Å². The lowest BCUT2D eigenvalue weighted by molar-refractivity contribution is -0.144. The minimum Gasteiger partial charge on any atom is -0.481 e. The zero-order valence-electron chi connectivity index (χ0n) is 11.3. The maximum Gasteiger partial charge on any atom is 0.308 e. The lowest BCUT2D eigenvalue weighted by Crippen LogP contribution is -2.41. The second kappa shape index (κ2) is 6.96. The van der Waals surface area contributed by atoms with Crippen molar-refractivity contribution in [1.82, 2.24) is 4.90 Å². The molecule has 0 radical (unpaired) electrons. The van der Waals surface area contributed by atoms with Crippen LogP contribution < -0.4 is 0 Å². The van der Waals surface area contributed by atoms with E-state index in [9.17, 15) is 9.59 Å². The van der Waals surface area contributed by atoms with E-state index in [0.29, 0.717) is 35.0 Å². The van der Waals surface area contributed by atoms with E-state index in [1.165, 1.54) is 6.08 Å². The number of carboxylic acids is 1. The van der Waals surface area contributed by atoms with Crippen molar-refractivity contribution in [2.75, 3.05) is 13.1 Å². The molecular formula is C15H15Cl2NO3. The van der Waals surface area contributed by atoms with E-state index in [2.05, 4.69) is 0 Å². The molecule has 112 valence electrons. The fourth-order valence-electron chi connectivity index (χ4n) is 2.31. The van der Waals surface area contributed by atoms with Crippen LogP contribution in [0.15, 0.2) is 24.3 Å². The number of carbonyl (C=O) groups excluding carboxylic acids is 1. The molecule has 0 spiro atoms. The average molecular weight is 328 g/mol. The number of aliphatic carboxylic acids is 1. The van der Waals surface area contributed by atoms with Crippen LogP contribution in [-0.2, 0) is 9.59 Å². The Bertz CT molecular complexity index is 566. The molecule has 1 atom stereocenters. The van der Waals surface area contributed by atoms with Gasteiger partial charge in [0.05, 0.1) is 5.92 Å². The van der Waals surface area contributed by atoms with E-state index in [1.807, 2.05) is 0 Å². The van der Waals surface area contributed by atoms with Gasteiger partial charge in [-0.2, -0.15) is 0 Å². The summed E-state index contributed by atoms with van der Waals surface area (Å²) in [5.41, 5.74) is 0.584. The Morgan fingerprint density at radius 1 is 1.29 bits per heavy atom. The molecule has 1 aliphatic rings. The third-order valence-corrected chi connectivity index (χ3v) is 4.13. The molecule has 2 rings (SSSR count). The summed E-state index contributed by atoms with van der Waals surface area (Å²) in [5, 5.41) is 9.96. The van der Waals surface area contributed by atoms with Crippen molar-refractivity contribution < 1.29 is 14.7 Å². The first-order chi connectivity index (χ1) is 9.99. The SMILES string of the molecule is O=C(O)[C@@H]1CCCN(C(=O)/C=C/c2c(Cl)cccc2Cl)C1. The summed E-state index contributed by atoms with van der Waals surface area (Å²) in [6, 6.07) is 5.11. The fraction of sp³-hybridized carbons (Fsp3) is 0.333. The van der Waals surface area contributed by atoms with Crippen LogP contribution >= 0.6 is 23.2 Å². The predicted molar refractivity (Wildman–Crippen MR) is 82.4 cm³/mol. The van der Waals surface area contributed by atoms with Crippen LogP contribution in [0.1, 0.15) is 18.4 Å². The number of nitrogens with zero attached hydrogens (tertiary/aromatic N) is 1. The smallest absolute Gasteiger partial charge is 0.308 e. The number of amides is 1. The summed E-state index contributed by atoms with van der Waals surface area (Å²) in [4.78, 5) is 24.7. The summed E-state index contributed by atoms with van der Waals surface area (Å²) in [7, 11) is 0. The lowest BCUT2D eigenvalue weighted by Gasteiger charge is -2.29. The highest BCUT2D eigenvalue weighted by Gasteiger charge is 2.27. The Balaban J connectivity index is 2.07. The molecular weight excluding hydrogens is 313 g/mol.